The first kappa shape index (κ1) is 39.3. The monoisotopic (exact) mass is 787 g/mol. The van der Waals surface area contributed by atoms with Crippen LogP contribution in [0.1, 0.15) is 62.4 Å². The summed E-state index contributed by atoms with van der Waals surface area (Å²) in [4.78, 5) is 63.9. The fourth-order valence-corrected chi connectivity index (χ4v) is 6.79. The maximum atomic E-state index is 13.2. The minimum atomic E-state index is -1.03. The van der Waals surface area contributed by atoms with Gasteiger partial charge in [0, 0.05) is 53.6 Å². The summed E-state index contributed by atoms with van der Waals surface area (Å²) in [6.45, 7) is 3.80. The molecule has 7 rings (SSSR count). The summed E-state index contributed by atoms with van der Waals surface area (Å²) in [5.74, 6) is -2.15. The number of rotatable bonds is 16. The van der Waals surface area contributed by atoms with Crippen LogP contribution in [-0.4, -0.2) is 105 Å². The van der Waals surface area contributed by atoms with Gasteiger partial charge in [0.05, 0.1) is 55.5 Å². The lowest BCUT2D eigenvalue weighted by atomic mass is 10.0. The number of anilines is 2. The number of para-hydroxylation sites is 1. The minimum absolute atomic E-state index is 0.0484. The van der Waals surface area contributed by atoms with Crippen molar-refractivity contribution in [2.24, 2.45) is 0 Å². The molecule has 0 spiro atoms. The van der Waals surface area contributed by atoms with Crippen molar-refractivity contribution in [1.82, 2.24) is 35.5 Å². The van der Waals surface area contributed by atoms with Crippen molar-refractivity contribution in [2.75, 3.05) is 50.6 Å². The fourth-order valence-electron chi connectivity index (χ4n) is 6.79. The van der Waals surface area contributed by atoms with E-state index < -0.39 is 29.7 Å². The number of ether oxygens (including phenoxy) is 2. The number of nitrogen functional groups attached to an aromatic ring is 1. The molecule has 298 valence electrons. The molecule has 17 nitrogen and oxygen atoms in total. The van der Waals surface area contributed by atoms with Crippen molar-refractivity contribution in [2.45, 2.75) is 31.8 Å². The number of carbonyl (C=O) groups is 5. The number of fused-ring (bicyclic) bond motifs is 1. The smallest absolute Gasteiger partial charge is 0.264 e. The topological polar surface area (TPSA) is 233 Å². The Kier molecular flexibility index (Phi) is 11.8. The van der Waals surface area contributed by atoms with E-state index >= 15 is 0 Å². The van der Waals surface area contributed by atoms with Gasteiger partial charge in [-0.3, -0.25) is 38.9 Å². The van der Waals surface area contributed by atoms with Crippen LogP contribution in [0.5, 0.6) is 5.75 Å². The zero-order valence-electron chi connectivity index (χ0n) is 31.5. The Morgan fingerprint density at radius 1 is 0.914 bits per heavy atom. The highest BCUT2D eigenvalue weighted by Gasteiger charge is 2.45. The van der Waals surface area contributed by atoms with Crippen LogP contribution >= 0.6 is 0 Å². The van der Waals surface area contributed by atoms with Crippen molar-refractivity contribution < 1.29 is 38.6 Å². The van der Waals surface area contributed by atoms with Gasteiger partial charge in [-0.15, -0.1) is 10.2 Å². The molecule has 4 heterocycles. The van der Waals surface area contributed by atoms with Crippen LogP contribution in [0.2, 0.25) is 0 Å². The summed E-state index contributed by atoms with van der Waals surface area (Å²) in [6, 6.07) is 19.6. The van der Waals surface area contributed by atoms with E-state index in [1.807, 2.05) is 25.3 Å². The standard InChI is InChI=1S/C41H41N9O8/c1-24(49-23-27(22-45-49)30-21-32(47-48-37(30)42)28-5-2-3-8-34(28)51)25-9-11-26(12-10-25)38(53)44-16-18-58-20-19-57-17-15-43-31-7-4-6-29-36(31)41(56)50(40(29)55)33-13-14-35(52)46-39(33)54/h2-12,21-24,33,43,51H,13-20H2,1H3,(H2,42,48)(H,44,53)(H,46,52,54). The average molecular weight is 788 g/mol. The number of imide groups is 2. The molecule has 2 unspecified atom stereocenters. The Hall–Kier alpha value is -6.98. The molecule has 6 N–H and O–H groups in total. The van der Waals surface area contributed by atoms with E-state index in [4.69, 9.17) is 15.2 Å². The Morgan fingerprint density at radius 3 is 2.41 bits per heavy atom. The van der Waals surface area contributed by atoms with Crippen LogP contribution in [0, 0.1) is 0 Å². The predicted octanol–water partition coefficient (Wildman–Crippen LogP) is 3.18. The molecule has 0 aliphatic carbocycles. The zero-order valence-corrected chi connectivity index (χ0v) is 31.5. The molecule has 5 amide bonds. The lowest BCUT2D eigenvalue weighted by molar-refractivity contribution is -0.136. The second-order valence-electron chi connectivity index (χ2n) is 13.6. The first-order valence-corrected chi connectivity index (χ1v) is 18.7. The number of carbonyl (C=O) groups excluding carboxylic acids is 5. The van der Waals surface area contributed by atoms with Gasteiger partial charge < -0.3 is 30.9 Å². The highest BCUT2D eigenvalue weighted by atomic mass is 16.5. The number of benzene rings is 3. The normalized spacial score (nSPS) is 15.6. The molecular weight excluding hydrogens is 747 g/mol. The van der Waals surface area contributed by atoms with Crippen LogP contribution in [0.25, 0.3) is 22.4 Å². The Labute approximate surface area is 332 Å². The number of phenols is 1. The zero-order chi connectivity index (χ0) is 40.8. The largest absolute Gasteiger partial charge is 0.507 e. The van der Waals surface area contributed by atoms with E-state index in [0.717, 1.165) is 16.0 Å². The van der Waals surface area contributed by atoms with Gasteiger partial charge in [0.1, 0.15) is 11.8 Å². The van der Waals surface area contributed by atoms with Gasteiger partial charge in [-0.05, 0) is 61.4 Å². The quantitative estimate of drug-likeness (QED) is 0.0715. The summed E-state index contributed by atoms with van der Waals surface area (Å²) >= 11 is 0. The van der Waals surface area contributed by atoms with Gasteiger partial charge in [0.2, 0.25) is 11.8 Å². The molecule has 0 radical (unpaired) electrons. The molecule has 58 heavy (non-hydrogen) atoms. The lowest BCUT2D eigenvalue weighted by Crippen LogP contribution is -2.54. The van der Waals surface area contributed by atoms with Crippen molar-refractivity contribution in [3.8, 4) is 28.1 Å². The number of aromatic hydroxyl groups is 1. The van der Waals surface area contributed by atoms with Crippen molar-refractivity contribution in [1.29, 1.82) is 0 Å². The van der Waals surface area contributed by atoms with E-state index in [9.17, 15) is 29.1 Å². The first-order chi connectivity index (χ1) is 28.1. The van der Waals surface area contributed by atoms with Crippen LogP contribution < -0.4 is 21.7 Å². The van der Waals surface area contributed by atoms with E-state index in [-0.39, 0.29) is 60.7 Å². The molecule has 1 fully saturated rings. The summed E-state index contributed by atoms with van der Waals surface area (Å²) in [6.07, 6.45) is 3.69. The molecule has 3 aromatic carbocycles. The van der Waals surface area contributed by atoms with Gasteiger partial charge >= 0.3 is 0 Å². The Bertz CT molecular complexity index is 2360. The van der Waals surface area contributed by atoms with Gasteiger partial charge in [-0.2, -0.15) is 5.10 Å². The maximum absolute atomic E-state index is 13.2. The van der Waals surface area contributed by atoms with Crippen LogP contribution in [0.15, 0.2) is 85.2 Å². The van der Waals surface area contributed by atoms with Gasteiger partial charge in [-0.25, -0.2) is 0 Å². The van der Waals surface area contributed by atoms with Crippen molar-refractivity contribution in [3.05, 3.63) is 107 Å². The number of aromatic nitrogens is 4. The van der Waals surface area contributed by atoms with E-state index in [0.29, 0.717) is 54.4 Å². The molecule has 5 aromatic rings. The van der Waals surface area contributed by atoms with Gasteiger partial charge in [0.25, 0.3) is 17.7 Å². The number of nitrogens with zero attached hydrogens (tertiary/aromatic N) is 5. The molecule has 0 saturated carbocycles. The fraction of sp³-hybridized carbons (Fsp3) is 0.268. The molecule has 17 heteroatoms. The van der Waals surface area contributed by atoms with Crippen LogP contribution in [-0.2, 0) is 19.1 Å². The minimum Gasteiger partial charge on any atom is -0.507 e. The third-order valence-electron chi connectivity index (χ3n) is 9.90. The number of hydrogen-bond donors (Lipinski definition) is 5. The second kappa shape index (κ2) is 17.4. The summed E-state index contributed by atoms with van der Waals surface area (Å²) in [5.41, 5.74) is 10.8. The molecular formula is C41H41N9O8. The molecule has 2 atom stereocenters. The molecule has 2 aromatic heterocycles. The van der Waals surface area contributed by atoms with E-state index in [2.05, 4.69) is 31.2 Å². The number of nitrogens with two attached hydrogens (primary N) is 1. The third kappa shape index (κ3) is 8.40. The second-order valence-corrected chi connectivity index (χ2v) is 13.6. The summed E-state index contributed by atoms with van der Waals surface area (Å²) in [5, 5.41) is 31.2. The Balaban J connectivity index is 0.805. The average Bonchev–Trinajstić information content (AvgIpc) is 3.81. The number of phenolic OH excluding ortho intramolecular Hbond substituents is 1. The number of hydrogen-bond acceptors (Lipinski definition) is 13. The van der Waals surface area contributed by atoms with E-state index in [1.54, 1.807) is 65.5 Å². The van der Waals surface area contributed by atoms with Crippen LogP contribution in [0.3, 0.4) is 0 Å². The Morgan fingerprint density at radius 2 is 1.66 bits per heavy atom. The SMILES string of the molecule is CC(c1ccc(C(=O)NCCOCCOCCNc2cccc3c2C(=O)N(C2CCC(=O)NC2=O)C3=O)cc1)n1cc(-c2cc(-c3ccccc3O)nnc2N)cn1. The highest BCUT2D eigenvalue weighted by Crippen LogP contribution is 2.34. The third-order valence-corrected chi connectivity index (χ3v) is 9.90. The molecule has 2 aliphatic rings. The van der Waals surface area contributed by atoms with E-state index in [1.165, 1.54) is 6.07 Å². The lowest BCUT2D eigenvalue weighted by Gasteiger charge is -2.27. The van der Waals surface area contributed by atoms with Gasteiger partial charge in [0.15, 0.2) is 5.82 Å². The summed E-state index contributed by atoms with van der Waals surface area (Å²) in [7, 11) is 0. The first-order valence-electron chi connectivity index (χ1n) is 18.7. The number of nitrogens with one attached hydrogen (secondary N) is 3. The maximum Gasteiger partial charge on any atom is 0.264 e. The molecule has 1 saturated heterocycles. The predicted molar refractivity (Wildman–Crippen MR) is 211 cm³/mol. The number of piperidine rings is 1. The van der Waals surface area contributed by atoms with Crippen molar-refractivity contribution >= 4 is 41.0 Å². The van der Waals surface area contributed by atoms with Crippen molar-refractivity contribution in [3.63, 3.8) is 0 Å². The highest BCUT2D eigenvalue weighted by molar-refractivity contribution is 6.25. The number of amides is 5. The van der Waals surface area contributed by atoms with Crippen LogP contribution in [0.4, 0.5) is 11.5 Å². The molecule has 0 bridgehead atoms. The van der Waals surface area contributed by atoms with Gasteiger partial charge in [-0.1, -0.05) is 30.3 Å². The summed E-state index contributed by atoms with van der Waals surface area (Å²) < 4.78 is 13.0. The molecule has 2 aliphatic heterocycles.